The SMILES string of the molecule is CCCCCC[n+]1c(C(=O)[O-])sc2ccccc21. The Balaban J connectivity index is 2.27. The first kappa shape index (κ1) is 13.0. The molecule has 0 N–H and O–H groups in total. The fourth-order valence-corrected chi connectivity index (χ4v) is 3.13. The van der Waals surface area contributed by atoms with Gasteiger partial charge >= 0.3 is 0 Å². The van der Waals surface area contributed by atoms with E-state index in [4.69, 9.17) is 0 Å². The molecule has 1 heterocycles. The molecule has 1 aromatic heterocycles. The molecule has 0 fully saturated rings. The van der Waals surface area contributed by atoms with Gasteiger partial charge in [-0.3, -0.25) is 0 Å². The predicted molar refractivity (Wildman–Crippen MR) is 70.5 cm³/mol. The number of hydrogen-bond donors (Lipinski definition) is 0. The maximum absolute atomic E-state index is 11.2. The molecule has 0 aliphatic carbocycles. The van der Waals surface area contributed by atoms with E-state index < -0.39 is 5.97 Å². The summed E-state index contributed by atoms with van der Waals surface area (Å²) in [6.45, 7) is 2.92. The van der Waals surface area contributed by atoms with Crippen molar-refractivity contribution < 1.29 is 14.5 Å². The summed E-state index contributed by atoms with van der Waals surface area (Å²) in [6, 6.07) is 7.79. The van der Waals surface area contributed by atoms with Crippen molar-refractivity contribution >= 4 is 27.5 Å². The zero-order chi connectivity index (χ0) is 13.0. The molecule has 0 aliphatic rings. The van der Waals surface area contributed by atoms with E-state index in [0.29, 0.717) is 5.01 Å². The van der Waals surface area contributed by atoms with Crippen LogP contribution in [0.3, 0.4) is 0 Å². The van der Waals surface area contributed by atoms with Crippen LogP contribution in [0.25, 0.3) is 10.2 Å². The number of rotatable bonds is 6. The van der Waals surface area contributed by atoms with Crippen molar-refractivity contribution in [3.05, 3.63) is 29.3 Å². The molecule has 0 saturated heterocycles. The Morgan fingerprint density at radius 2 is 2.06 bits per heavy atom. The minimum atomic E-state index is -1.08. The van der Waals surface area contributed by atoms with Crippen LogP contribution < -0.4 is 9.67 Å². The Morgan fingerprint density at radius 3 is 2.78 bits per heavy atom. The van der Waals surface area contributed by atoms with E-state index >= 15 is 0 Å². The largest absolute Gasteiger partial charge is 0.539 e. The first-order chi connectivity index (χ1) is 8.74. The number of thiazole rings is 1. The monoisotopic (exact) mass is 263 g/mol. The van der Waals surface area contributed by atoms with E-state index in [1.54, 1.807) is 0 Å². The summed E-state index contributed by atoms with van der Waals surface area (Å²) in [4.78, 5) is 11.2. The Bertz CT molecular complexity index is 548. The second-order valence-electron chi connectivity index (χ2n) is 4.37. The van der Waals surface area contributed by atoms with Gasteiger partial charge in [-0.15, -0.1) is 0 Å². The van der Waals surface area contributed by atoms with Gasteiger partial charge in [-0.1, -0.05) is 43.2 Å². The molecule has 0 aliphatic heterocycles. The van der Waals surface area contributed by atoms with E-state index in [-0.39, 0.29) is 0 Å². The first-order valence-corrected chi connectivity index (χ1v) is 7.18. The average Bonchev–Trinajstić information content (AvgIpc) is 2.74. The fraction of sp³-hybridized carbons (Fsp3) is 0.429. The number of benzene rings is 1. The van der Waals surface area contributed by atoms with Gasteiger partial charge in [0, 0.05) is 12.5 Å². The third kappa shape index (κ3) is 2.70. The number of carbonyl (C=O) groups is 1. The van der Waals surface area contributed by atoms with Crippen molar-refractivity contribution in [3.63, 3.8) is 0 Å². The van der Waals surface area contributed by atoms with Crippen LogP contribution in [0.2, 0.25) is 0 Å². The van der Waals surface area contributed by atoms with Gasteiger partial charge < -0.3 is 9.90 Å². The van der Waals surface area contributed by atoms with Crippen LogP contribution in [0.4, 0.5) is 0 Å². The summed E-state index contributed by atoms with van der Waals surface area (Å²) in [5, 5.41) is 11.5. The molecular weight excluding hydrogens is 246 g/mol. The number of hydrogen-bond acceptors (Lipinski definition) is 3. The Morgan fingerprint density at radius 1 is 1.28 bits per heavy atom. The number of aryl methyl sites for hydroxylation is 1. The van der Waals surface area contributed by atoms with Crippen molar-refractivity contribution in [1.82, 2.24) is 0 Å². The lowest BCUT2D eigenvalue weighted by Gasteiger charge is -2.00. The molecule has 4 heteroatoms. The van der Waals surface area contributed by atoms with Crippen LogP contribution >= 0.6 is 11.3 Å². The Labute approximate surface area is 111 Å². The number of unbranched alkanes of at least 4 members (excludes halogenated alkanes) is 3. The van der Waals surface area contributed by atoms with Crippen LogP contribution in [-0.2, 0) is 6.54 Å². The number of para-hydroxylation sites is 1. The topological polar surface area (TPSA) is 44.0 Å². The molecule has 3 nitrogen and oxygen atoms in total. The van der Waals surface area contributed by atoms with Gasteiger partial charge in [-0.25, -0.2) is 0 Å². The molecule has 0 bridgehead atoms. The molecule has 2 rings (SSSR count). The number of fused-ring (bicyclic) bond motifs is 1. The smallest absolute Gasteiger partial charge is 0.285 e. The van der Waals surface area contributed by atoms with Crippen LogP contribution in [0, 0.1) is 0 Å². The second-order valence-corrected chi connectivity index (χ2v) is 5.41. The molecule has 2 aromatic rings. The van der Waals surface area contributed by atoms with Crippen LogP contribution in [0.5, 0.6) is 0 Å². The summed E-state index contributed by atoms with van der Waals surface area (Å²) in [5.41, 5.74) is 0.998. The minimum Gasteiger partial charge on any atom is -0.539 e. The highest BCUT2D eigenvalue weighted by Crippen LogP contribution is 2.20. The van der Waals surface area contributed by atoms with E-state index in [1.165, 1.54) is 24.2 Å². The molecular formula is C14H17NO2S. The quantitative estimate of drug-likeness (QED) is 0.592. The molecule has 0 atom stereocenters. The average molecular weight is 263 g/mol. The van der Waals surface area contributed by atoms with Gasteiger partial charge in [0.1, 0.15) is 4.70 Å². The predicted octanol–water partition coefficient (Wildman–Crippen LogP) is 2.13. The lowest BCUT2D eigenvalue weighted by molar-refractivity contribution is -0.671. The third-order valence-electron chi connectivity index (χ3n) is 3.02. The van der Waals surface area contributed by atoms with Gasteiger partial charge in [-0.2, -0.15) is 4.57 Å². The first-order valence-electron chi connectivity index (χ1n) is 6.36. The number of carboxylic acid groups (broad SMARTS) is 1. The van der Waals surface area contributed by atoms with Crippen molar-refractivity contribution in [1.29, 1.82) is 0 Å². The van der Waals surface area contributed by atoms with Crippen molar-refractivity contribution in [2.24, 2.45) is 0 Å². The number of aromatic nitrogens is 1. The summed E-state index contributed by atoms with van der Waals surface area (Å²) in [7, 11) is 0. The standard InChI is InChI=1S/C14H17NO2S/c1-2-3-4-7-10-15-11-8-5-6-9-12(11)18-13(15)14(16)17/h5-6,8-9H,2-4,7,10H2,1H3. The highest BCUT2D eigenvalue weighted by molar-refractivity contribution is 7.19. The lowest BCUT2D eigenvalue weighted by Crippen LogP contribution is -2.42. The van der Waals surface area contributed by atoms with Gasteiger partial charge in [0.15, 0.2) is 12.5 Å². The second kappa shape index (κ2) is 5.96. The number of carbonyl (C=O) groups excluding carboxylic acids is 1. The van der Waals surface area contributed by atoms with Crippen LogP contribution in [0.1, 0.15) is 42.4 Å². The summed E-state index contributed by atoms with van der Waals surface area (Å²) in [6.07, 6.45) is 4.53. The number of aromatic carboxylic acids is 1. The zero-order valence-corrected chi connectivity index (χ0v) is 11.3. The van der Waals surface area contributed by atoms with E-state index in [9.17, 15) is 9.90 Å². The number of nitrogens with zero attached hydrogens (tertiary/aromatic N) is 1. The molecule has 0 saturated carbocycles. The molecule has 96 valence electrons. The normalized spacial score (nSPS) is 10.9. The van der Waals surface area contributed by atoms with E-state index in [0.717, 1.165) is 29.6 Å². The van der Waals surface area contributed by atoms with Gasteiger partial charge in [0.2, 0.25) is 5.52 Å². The highest BCUT2D eigenvalue weighted by atomic mass is 32.1. The van der Waals surface area contributed by atoms with Crippen LogP contribution in [0.15, 0.2) is 24.3 Å². The molecule has 1 aromatic carbocycles. The Kier molecular flexibility index (Phi) is 4.31. The van der Waals surface area contributed by atoms with Crippen LogP contribution in [-0.4, -0.2) is 5.97 Å². The zero-order valence-electron chi connectivity index (χ0n) is 10.5. The van der Waals surface area contributed by atoms with Crippen molar-refractivity contribution in [2.75, 3.05) is 0 Å². The van der Waals surface area contributed by atoms with Gasteiger partial charge in [0.25, 0.3) is 5.01 Å². The maximum Gasteiger partial charge on any atom is 0.285 e. The highest BCUT2D eigenvalue weighted by Gasteiger charge is 2.20. The molecule has 18 heavy (non-hydrogen) atoms. The summed E-state index contributed by atoms with van der Waals surface area (Å²) >= 11 is 1.30. The van der Waals surface area contributed by atoms with E-state index in [1.807, 2.05) is 28.8 Å². The number of carboxylic acids is 1. The van der Waals surface area contributed by atoms with Crippen molar-refractivity contribution in [2.45, 2.75) is 39.2 Å². The molecule has 0 spiro atoms. The maximum atomic E-state index is 11.2. The Hall–Kier alpha value is -1.42. The van der Waals surface area contributed by atoms with E-state index in [2.05, 4.69) is 6.92 Å². The lowest BCUT2D eigenvalue weighted by atomic mass is 10.2. The summed E-state index contributed by atoms with van der Waals surface area (Å²) in [5.74, 6) is -1.08. The van der Waals surface area contributed by atoms with Gasteiger partial charge in [0.05, 0.1) is 0 Å². The molecule has 0 unspecified atom stereocenters. The van der Waals surface area contributed by atoms with Gasteiger partial charge in [-0.05, 0) is 12.5 Å². The fourth-order valence-electron chi connectivity index (χ4n) is 2.11. The minimum absolute atomic E-state index is 0.327. The molecule has 0 radical (unpaired) electrons. The van der Waals surface area contributed by atoms with Crippen molar-refractivity contribution in [3.8, 4) is 0 Å². The molecule has 0 amide bonds. The summed E-state index contributed by atoms with van der Waals surface area (Å²) < 4.78 is 2.89. The third-order valence-corrected chi connectivity index (χ3v) is 4.16.